The number of allylic oxidation sites excluding steroid dienone is 3. The molecule has 1 aromatic carbocycles. The number of fused-ring (bicyclic) bond motifs is 1. The maximum absolute atomic E-state index is 13.1. The molecule has 6 heteroatoms. The highest BCUT2D eigenvalue weighted by Gasteiger charge is 2.21. The van der Waals surface area contributed by atoms with Crippen molar-refractivity contribution in [1.29, 1.82) is 0 Å². The molecule has 2 aliphatic heterocycles. The number of nitrogens with zero attached hydrogens (tertiary/aromatic N) is 2. The first-order chi connectivity index (χ1) is 16.3. The Morgan fingerprint density at radius 3 is 2.68 bits per heavy atom. The Hall–Kier alpha value is -2.89. The molecular formula is C28H38N2O4. The van der Waals surface area contributed by atoms with E-state index in [2.05, 4.69) is 24.2 Å². The number of piperidine rings is 1. The number of hydrogen-bond donors (Lipinski definition) is 0. The summed E-state index contributed by atoms with van der Waals surface area (Å²) in [5, 5.41) is 4.36. The molecule has 0 radical (unpaired) electrons. The largest absolute Gasteiger partial charge is 0.459 e. The van der Waals surface area contributed by atoms with Crippen LogP contribution in [0.2, 0.25) is 0 Å². The molecule has 0 saturated carbocycles. The molecule has 6 nitrogen and oxygen atoms in total. The van der Waals surface area contributed by atoms with E-state index >= 15 is 0 Å². The van der Waals surface area contributed by atoms with Crippen molar-refractivity contribution in [2.45, 2.75) is 78.7 Å². The number of amides is 1. The fraction of sp³-hybridized carbons (Fsp3) is 0.536. The summed E-state index contributed by atoms with van der Waals surface area (Å²) in [4.78, 5) is 33.0. The summed E-state index contributed by atoms with van der Waals surface area (Å²) >= 11 is 0. The van der Waals surface area contributed by atoms with Gasteiger partial charge in [0, 0.05) is 25.9 Å². The number of ether oxygens (including phenoxy) is 1. The van der Waals surface area contributed by atoms with Gasteiger partial charge in [0.2, 0.25) is 0 Å². The number of esters is 1. The van der Waals surface area contributed by atoms with Gasteiger partial charge in [-0.1, -0.05) is 40.6 Å². The molecule has 1 amide bonds. The monoisotopic (exact) mass is 466 g/mol. The Kier molecular flexibility index (Phi) is 9.49. The van der Waals surface area contributed by atoms with Crippen molar-refractivity contribution in [1.82, 2.24) is 4.90 Å². The highest BCUT2D eigenvalue weighted by molar-refractivity contribution is 6.00. The van der Waals surface area contributed by atoms with Crippen molar-refractivity contribution in [3.63, 3.8) is 0 Å². The van der Waals surface area contributed by atoms with Gasteiger partial charge in [0.05, 0.1) is 11.3 Å². The Bertz CT molecular complexity index is 971. The first-order valence-corrected chi connectivity index (χ1v) is 12.4. The smallest absolute Gasteiger partial charge is 0.338 e. The molecule has 0 aromatic heterocycles. The maximum atomic E-state index is 13.1. The molecule has 0 bridgehead atoms. The van der Waals surface area contributed by atoms with Crippen molar-refractivity contribution in [3.05, 3.63) is 58.2 Å². The van der Waals surface area contributed by atoms with Crippen molar-refractivity contribution < 1.29 is 19.2 Å². The average molecular weight is 467 g/mol. The lowest BCUT2D eigenvalue weighted by Crippen LogP contribution is -2.37. The molecule has 0 aliphatic carbocycles. The van der Waals surface area contributed by atoms with Gasteiger partial charge in [-0.15, -0.1) is 0 Å². The molecule has 0 unspecified atom stereocenters. The van der Waals surface area contributed by atoms with E-state index in [4.69, 9.17) is 9.57 Å². The van der Waals surface area contributed by atoms with Gasteiger partial charge in [-0.25, -0.2) is 4.79 Å². The Morgan fingerprint density at radius 2 is 1.91 bits per heavy atom. The molecule has 1 fully saturated rings. The van der Waals surface area contributed by atoms with Gasteiger partial charge >= 0.3 is 5.97 Å². The normalized spacial score (nSPS) is 23.8. The van der Waals surface area contributed by atoms with Gasteiger partial charge in [-0.3, -0.25) is 4.79 Å². The number of oxime groups is 1. The fourth-order valence-corrected chi connectivity index (χ4v) is 4.56. The highest BCUT2D eigenvalue weighted by Crippen LogP contribution is 2.22. The van der Waals surface area contributed by atoms with Crippen LogP contribution in [0.4, 0.5) is 0 Å². The molecule has 2 heterocycles. The average Bonchev–Trinajstić information content (AvgIpc) is 2.78. The number of carbonyl (C=O) groups excluding carboxylic acids is 2. The second kappa shape index (κ2) is 12.5. The van der Waals surface area contributed by atoms with Gasteiger partial charge in [-0.2, -0.15) is 0 Å². The standard InChI is InChI=1S/C28H38N2O4/c1-20-11-7-5-8-12-23(4)34-28(32)27-22(3)15-21(2)16-24(27)18-25(17-20)29-33-19-26(31)30-13-9-6-10-14-30/h5,8,15-17,23H,6-7,9-14,18-19H2,1-4H3/b8-5+,20-17+,29-25-/t23-/m1/s1. The van der Waals surface area contributed by atoms with Gasteiger partial charge in [0.25, 0.3) is 5.91 Å². The summed E-state index contributed by atoms with van der Waals surface area (Å²) < 4.78 is 5.75. The zero-order valence-electron chi connectivity index (χ0n) is 21.1. The molecule has 1 aromatic rings. The molecule has 3 rings (SSSR count). The van der Waals surface area contributed by atoms with Crippen LogP contribution in [0.3, 0.4) is 0 Å². The van der Waals surface area contributed by atoms with E-state index in [0.29, 0.717) is 24.1 Å². The van der Waals surface area contributed by atoms with Crippen molar-refractivity contribution in [2.75, 3.05) is 19.7 Å². The number of hydrogen-bond acceptors (Lipinski definition) is 5. The lowest BCUT2D eigenvalue weighted by atomic mass is 9.94. The van der Waals surface area contributed by atoms with E-state index < -0.39 is 0 Å². The summed E-state index contributed by atoms with van der Waals surface area (Å²) in [5.41, 5.74) is 5.27. The minimum atomic E-state index is -0.313. The Balaban J connectivity index is 1.88. The first-order valence-electron chi connectivity index (χ1n) is 12.4. The summed E-state index contributed by atoms with van der Waals surface area (Å²) in [6.45, 7) is 9.46. The van der Waals surface area contributed by atoms with Crippen LogP contribution in [0.5, 0.6) is 0 Å². The number of benzene rings is 1. The topological polar surface area (TPSA) is 68.2 Å². The lowest BCUT2D eigenvalue weighted by Gasteiger charge is -2.26. The molecule has 0 spiro atoms. The predicted molar refractivity (Wildman–Crippen MR) is 135 cm³/mol. The minimum Gasteiger partial charge on any atom is -0.459 e. The molecule has 34 heavy (non-hydrogen) atoms. The number of carbonyl (C=O) groups is 2. The molecule has 1 atom stereocenters. The Labute approximate surface area is 203 Å². The molecule has 1 saturated heterocycles. The summed E-state index contributed by atoms with van der Waals surface area (Å²) in [6, 6.07) is 4.01. The van der Waals surface area contributed by atoms with Gasteiger partial charge < -0.3 is 14.5 Å². The van der Waals surface area contributed by atoms with E-state index in [9.17, 15) is 9.59 Å². The van der Waals surface area contributed by atoms with Crippen LogP contribution in [0.25, 0.3) is 0 Å². The second-order valence-corrected chi connectivity index (χ2v) is 9.54. The van der Waals surface area contributed by atoms with E-state index in [1.807, 2.05) is 43.9 Å². The summed E-state index contributed by atoms with van der Waals surface area (Å²) in [6.07, 6.45) is 12.2. The molecule has 184 valence electrons. The van der Waals surface area contributed by atoms with Crippen LogP contribution >= 0.6 is 0 Å². The van der Waals surface area contributed by atoms with Crippen LogP contribution in [-0.4, -0.2) is 48.3 Å². The first kappa shape index (κ1) is 25.7. The van der Waals surface area contributed by atoms with Crippen LogP contribution in [0.15, 0.2) is 41.1 Å². The lowest BCUT2D eigenvalue weighted by molar-refractivity contribution is -0.137. The number of rotatable bonds is 3. The van der Waals surface area contributed by atoms with Gasteiger partial charge in [-0.05, 0) is 77.0 Å². The minimum absolute atomic E-state index is 0.0274. The van der Waals surface area contributed by atoms with E-state index in [-0.39, 0.29) is 24.6 Å². The van der Waals surface area contributed by atoms with Crippen molar-refractivity contribution in [3.8, 4) is 0 Å². The zero-order chi connectivity index (χ0) is 24.5. The van der Waals surface area contributed by atoms with Gasteiger partial charge in [0.15, 0.2) is 6.61 Å². The third-order valence-corrected chi connectivity index (χ3v) is 6.28. The summed E-state index contributed by atoms with van der Waals surface area (Å²) in [7, 11) is 0. The van der Waals surface area contributed by atoms with E-state index in [1.165, 1.54) is 12.0 Å². The number of cyclic esters (lactones) is 1. The van der Waals surface area contributed by atoms with E-state index in [1.54, 1.807) is 0 Å². The third kappa shape index (κ3) is 7.57. The molecule has 0 N–H and O–H groups in total. The van der Waals surface area contributed by atoms with Crippen molar-refractivity contribution >= 4 is 17.6 Å². The van der Waals surface area contributed by atoms with E-state index in [0.717, 1.165) is 55.5 Å². The fourth-order valence-electron chi connectivity index (χ4n) is 4.56. The SMILES string of the molecule is C/C1=C\C(=N\OCC(=O)N2CCCCC2)Cc2cc(C)cc(C)c2C(=O)O[C@H](C)C/C=C/CC1. The summed E-state index contributed by atoms with van der Waals surface area (Å²) in [5.74, 6) is -0.341. The van der Waals surface area contributed by atoms with Crippen molar-refractivity contribution in [2.24, 2.45) is 5.16 Å². The third-order valence-electron chi connectivity index (χ3n) is 6.28. The van der Waals surface area contributed by atoms with Crippen LogP contribution in [0, 0.1) is 13.8 Å². The van der Waals surface area contributed by atoms with Crippen LogP contribution in [-0.2, 0) is 20.8 Å². The zero-order valence-corrected chi connectivity index (χ0v) is 21.1. The molecular weight excluding hydrogens is 428 g/mol. The van der Waals surface area contributed by atoms with Crippen LogP contribution in [0.1, 0.15) is 79.4 Å². The molecule has 2 aliphatic rings. The number of likely N-dealkylation sites (tertiary alicyclic amines) is 1. The van der Waals surface area contributed by atoms with Gasteiger partial charge in [0.1, 0.15) is 6.10 Å². The predicted octanol–water partition coefficient (Wildman–Crippen LogP) is 5.46. The maximum Gasteiger partial charge on any atom is 0.338 e. The quantitative estimate of drug-likeness (QED) is 0.337. The number of aryl methyl sites for hydroxylation is 2. The Morgan fingerprint density at radius 1 is 1.15 bits per heavy atom. The van der Waals surface area contributed by atoms with Crippen LogP contribution < -0.4 is 0 Å². The second-order valence-electron chi connectivity index (χ2n) is 9.54. The highest BCUT2D eigenvalue weighted by atomic mass is 16.6.